The highest BCUT2D eigenvalue weighted by molar-refractivity contribution is 5.35. The summed E-state index contributed by atoms with van der Waals surface area (Å²) in [5, 5.41) is 0. The van der Waals surface area contributed by atoms with Crippen molar-refractivity contribution in [3.8, 4) is 0 Å². The smallest absolute Gasteiger partial charge is 0.0109 e. The Morgan fingerprint density at radius 3 is 2.57 bits per heavy atom. The molecule has 0 radical (unpaired) electrons. The fourth-order valence-corrected chi connectivity index (χ4v) is 3.12. The van der Waals surface area contributed by atoms with E-state index in [1.807, 2.05) is 0 Å². The quantitative estimate of drug-likeness (QED) is 0.492. The molecule has 0 saturated carbocycles. The van der Waals surface area contributed by atoms with E-state index in [4.69, 9.17) is 5.73 Å². The lowest BCUT2D eigenvalue weighted by molar-refractivity contribution is 0.377. The number of hydrogen-bond donors (Lipinski definition) is 1. The Bertz CT molecular complexity index is 458. The SMILES string of the molecule is CC1=C(/C=C/C(C)=C/CC/C(C)=C\CN)C(C)(C)CCC1. The van der Waals surface area contributed by atoms with Crippen molar-refractivity contribution in [2.45, 2.75) is 66.7 Å². The maximum atomic E-state index is 5.52. The summed E-state index contributed by atoms with van der Waals surface area (Å²) in [6.45, 7) is 12.0. The van der Waals surface area contributed by atoms with Gasteiger partial charge in [0.2, 0.25) is 0 Å². The zero-order chi connectivity index (χ0) is 15.9. The van der Waals surface area contributed by atoms with Gasteiger partial charge in [-0.05, 0) is 63.9 Å². The second kappa shape index (κ2) is 8.38. The molecule has 0 fully saturated rings. The van der Waals surface area contributed by atoms with E-state index in [1.165, 1.54) is 30.4 Å². The molecule has 2 N–H and O–H groups in total. The monoisotopic (exact) mass is 287 g/mol. The van der Waals surface area contributed by atoms with Gasteiger partial charge >= 0.3 is 0 Å². The number of hydrogen-bond acceptors (Lipinski definition) is 1. The molecule has 0 aromatic carbocycles. The molecule has 0 amide bonds. The maximum absolute atomic E-state index is 5.52. The molecular formula is C20H33N. The van der Waals surface area contributed by atoms with Gasteiger partial charge in [0.1, 0.15) is 0 Å². The van der Waals surface area contributed by atoms with Crippen LogP contribution in [0.5, 0.6) is 0 Å². The second-order valence-electron chi connectivity index (χ2n) is 7.04. The van der Waals surface area contributed by atoms with Gasteiger partial charge in [0.05, 0.1) is 0 Å². The summed E-state index contributed by atoms with van der Waals surface area (Å²) in [6, 6.07) is 0. The van der Waals surface area contributed by atoms with Crippen LogP contribution in [0.3, 0.4) is 0 Å². The lowest BCUT2D eigenvalue weighted by Gasteiger charge is -2.32. The molecule has 1 nitrogen and oxygen atoms in total. The number of rotatable bonds is 6. The average Bonchev–Trinajstić information content (AvgIpc) is 2.37. The van der Waals surface area contributed by atoms with Gasteiger partial charge in [0.15, 0.2) is 0 Å². The van der Waals surface area contributed by atoms with Gasteiger partial charge in [0, 0.05) is 6.54 Å². The summed E-state index contributed by atoms with van der Waals surface area (Å²) in [5.41, 5.74) is 11.7. The third-order valence-electron chi connectivity index (χ3n) is 4.53. The molecule has 0 spiro atoms. The fourth-order valence-electron chi connectivity index (χ4n) is 3.12. The normalized spacial score (nSPS) is 20.5. The zero-order valence-electron chi connectivity index (χ0n) is 14.6. The molecule has 0 aromatic heterocycles. The standard InChI is InChI=1S/C20H33N/c1-16(8-6-9-17(2)13-15-21)11-12-19-18(3)10-7-14-20(19,4)5/h8,11-13H,6-7,9-10,14-15,21H2,1-5H3/b12-11+,16-8+,17-13-. The minimum Gasteiger partial charge on any atom is -0.327 e. The van der Waals surface area contributed by atoms with Crippen molar-refractivity contribution in [1.82, 2.24) is 0 Å². The lowest BCUT2D eigenvalue weighted by Crippen LogP contribution is -2.19. The molecule has 1 rings (SSSR count). The van der Waals surface area contributed by atoms with Crippen molar-refractivity contribution >= 4 is 0 Å². The van der Waals surface area contributed by atoms with Crippen molar-refractivity contribution < 1.29 is 0 Å². The maximum Gasteiger partial charge on any atom is 0.0109 e. The van der Waals surface area contributed by atoms with Crippen LogP contribution in [0.15, 0.2) is 46.6 Å². The van der Waals surface area contributed by atoms with Crippen molar-refractivity contribution in [2.24, 2.45) is 11.1 Å². The fraction of sp³-hybridized carbons (Fsp3) is 0.600. The first-order valence-electron chi connectivity index (χ1n) is 8.27. The van der Waals surface area contributed by atoms with E-state index in [1.54, 1.807) is 11.1 Å². The van der Waals surface area contributed by atoms with Crippen molar-refractivity contribution in [1.29, 1.82) is 0 Å². The molecule has 0 unspecified atom stereocenters. The molecule has 1 aliphatic rings. The molecule has 0 saturated heterocycles. The van der Waals surface area contributed by atoms with Gasteiger partial charge in [-0.15, -0.1) is 0 Å². The molecule has 0 aromatic rings. The van der Waals surface area contributed by atoms with Gasteiger partial charge in [0.25, 0.3) is 0 Å². The predicted molar refractivity (Wildman–Crippen MR) is 95.3 cm³/mol. The molecule has 0 bridgehead atoms. The van der Waals surface area contributed by atoms with Crippen LogP contribution >= 0.6 is 0 Å². The van der Waals surface area contributed by atoms with Crippen molar-refractivity contribution in [3.63, 3.8) is 0 Å². The third kappa shape index (κ3) is 6.05. The summed E-state index contributed by atoms with van der Waals surface area (Å²) in [5.74, 6) is 0. The average molecular weight is 287 g/mol. The molecule has 0 atom stereocenters. The second-order valence-corrected chi connectivity index (χ2v) is 7.04. The van der Waals surface area contributed by atoms with Gasteiger partial charge in [-0.2, -0.15) is 0 Å². The summed E-state index contributed by atoms with van der Waals surface area (Å²) in [7, 11) is 0. The van der Waals surface area contributed by atoms with E-state index in [0.717, 1.165) is 12.8 Å². The highest BCUT2D eigenvalue weighted by atomic mass is 14.5. The first-order valence-corrected chi connectivity index (χ1v) is 8.27. The van der Waals surface area contributed by atoms with Crippen LogP contribution in [-0.2, 0) is 0 Å². The highest BCUT2D eigenvalue weighted by Crippen LogP contribution is 2.40. The van der Waals surface area contributed by atoms with Crippen LogP contribution in [-0.4, -0.2) is 6.54 Å². The molecule has 0 aliphatic heterocycles. The van der Waals surface area contributed by atoms with Gasteiger partial charge < -0.3 is 5.73 Å². The van der Waals surface area contributed by atoms with Gasteiger partial charge in [-0.1, -0.05) is 54.9 Å². The minimum atomic E-state index is 0.333. The largest absolute Gasteiger partial charge is 0.327 e. The molecular weight excluding hydrogens is 254 g/mol. The summed E-state index contributed by atoms with van der Waals surface area (Å²) >= 11 is 0. The van der Waals surface area contributed by atoms with Crippen LogP contribution in [0.25, 0.3) is 0 Å². The Morgan fingerprint density at radius 1 is 1.24 bits per heavy atom. The molecule has 1 aliphatic carbocycles. The summed E-state index contributed by atoms with van der Waals surface area (Å²) in [6.07, 6.45) is 15.2. The van der Waals surface area contributed by atoms with Crippen LogP contribution in [0.1, 0.15) is 66.7 Å². The molecule has 118 valence electrons. The van der Waals surface area contributed by atoms with Crippen LogP contribution in [0, 0.1) is 5.41 Å². The van der Waals surface area contributed by atoms with Crippen LogP contribution in [0.4, 0.5) is 0 Å². The van der Waals surface area contributed by atoms with E-state index < -0.39 is 0 Å². The van der Waals surface area contributed by atoms with Crippen LogP contribution in [0.2, 0.25) is 0 Å². The van der Waals surface area contributed by atoms with E-state index in [0.29, 0.717) is 12.0 Å². The Balaban J connectivity index is 2.65. The van der Waals surface area contributed by atoms with Crippen molar-refractivity contribution in [2.75, 3.05) is 6.54 Å². The minimum absolute atomic E-state index is 0.333. The first-order chi connectivity index (χ1) is 9.86. The van der Waals surface area contributed by atoms with Crippen LogP contribution < -0.4 is 5.73 Å². The predicted octanol–water partition coefficient (Wildman–Crippen LogP) is 5.70. The Hall–Kier alpha value is -1.08. The van der Waals surface area contributed by atoms with E-state index in [2.05, 4.69) is 58.9 Å². The molecule has 21 heavy (non-hydrogen) atoms. The zero-order valence-corrected chi connectivity index (χ0v) is 14.6. The first kappa shape index (κ1) is 18.0. The Labute approximate surface area is 131 Å². The van der Waals surface area contributed by atoms with Crippen molar-refractivity contribution in [3.05, 3.63) is 46.6 Å². The highest BCUT2D eigenvalue weighted by Gasteiger charge is 2.26. The van der Waals surface area contributed by atoms with E-state index in [9.17, 15) is 0 Å². The summed E-state index contributed by atoms with van der Waals surface area (Å²) in [4.78, 5) is 0. The van der Waals surface area contributed by atoms with Gasteiger partial charge in [-0.25, -0.2) is 0 Å². The lowest BCUT2D eigenvalue weighted by atomic mass is 9.72. The molecule has 1 heteroatoms. The van der Waals surface area contributed by atoms with E-state index in [-0.39, 0.29) is 0 Å². The Kier molecular flexibility index (Phi) is 7.17. The number of nitrogens with two attached hydrogens (primary N) is 1. The topological polar surface area (TPSA) is 26.0 Å². The summed E-state index contributed by atoms with van der Waals surface area (Å²) < 4.78 is 0. The van der Waals surface area contributed by atoms with E-state index >= 15 is 0 Å². The number of allylic oxidation sites excluding steroid dienone is 7. The third-order valence-corrected chi connectivity index (χ3v) is 4.53. The molecule has 0 heterocycles. The van der Waals surface area contributed by atoms with Gasteiger partial charge in [-0.3, -0.25) is 0 Å². The Morgan fingerprint density at radius 2 is 1.95 bits per heavy atom.